The fourth-order valence-electron chi connectivity index (χ4n) is 11.9. The highest BCUT2D eigenvalue weighted by Crippen LogP contribution is 2.54. The molecule has 8 N–H and O–H groups in total. The van der Waals surface area contributed by atoms with Crippen LogP contribution in [0.4, 0.5) is 0 Å². The van der Waals surface area contributed by atoms with E-state index < -0.39 is 145 Å². The Labute approximate surface area is 603 Å². The van der Waals surface area contributed by atoms with Gasteiger partial charge in [-0.2, -0.15) is 0 Å². The summed E-state index contributed by atoms with van der Waals surface area (Å²) in [6.45, 7) is 14.9. The summed E-state index contributed by atoms with van der Waals surface area (Å²) < 4.78 is 185. The van der Waals surface area contributed by atoms with Crippen LogP contribution in [0, 0.1) is 21.7 Å². The molecule has 0 spiro atoms. The monoisotopic (exact) mass is 1610 g/mol. The summed E-state index contributed by atoms with van der Waals surface area (Å²) in [7, 11) is -35.2. The van der Waals surface area contributed by atoms with Crippen LogP contribution in [0.25, 0.3) is 0 Å². The van der Waals surface area contributed by atoms with Gasteiger partial charge >= 0.3 is 54.8 Å². The molecule has 0 amide bonds. The fourth-order valence-corrected chi connectivity index (χ4v) is 18.2. The maximum atomic E-state index is 14.1. The molecule has 0 rings (SSSR count). The average molecular weight is 1610 g/mol. The van der Waals surface area contributed by atoms with Crippen LogP contribution < -0.4 is 0 Å². The molecule has 0 aromatic heterocycles. The van der Waals surface area contributed by atoms with Gasteiger partial charge in [0.05, 0.1) is 112 Å². The lowest BCUT2D eigenvalue weighted by Crippen LogP contribution is -2.35. The van der Waals surface area contributed by atoms with E-state index in [0.717, 1.165) is 116 Å². The van der Waals surface area contributed by atoms with E-state index in [1.54, 1.807) is 0 Å². The average Bonchev–Trinajstić information content (AvgIpc) is 0.886. The summed E-state index contributed by atoms with van der Waals surface area (Å²) in [6, 6.07) is 0. The molecule has 11 unspecified atom stereocenters. The minimum Gasteiger partial charge on any atom is -0.396 e. The molecule has 0 saturated carbocycles. The molecule has 0 aliphatic rings. The molecule has 39 heteroatoms. The Kier molecular flexibility index (Phi) is 54.6. The van der Waals surface area contributed by atoms with Gasteiger partial charge in [0.25, 0.3) is 0 Å². The first-order valence-corrected chi connectivity index (χ1v) is 46.7. The van der Waals surface area contributed by atoms with Gasteiger partial charge in [-0.05, 0) is 107 Å². The zero-order chi connectivity index (χ0) is 76.7. The third kappa shape index (κ3) is 49.5. The lowest BCUT2D eigenvalue weighted by atomic mass is 9.76. The number of phosphoric acid groups is 7. The van der Waals surface area contributed by atoms with E-state index in [1.807, 2.05) is 48.5 Å². The molecular weight excluding hydrogens is 1470 g/mol. The second kappa shape index (κ2) is 54.3. The number of aliphatic hydroxyl groups excluding tert-OH is 1. The number of hydrogen-bond donors (Lipinski definition) is 8. The molecule has 0 fully saturated rings. The molecule has 0 heterocycles. The highest BCUT2D eigenvalue weighted by Gasteiger charge is 2.42. The third-order valence-electron chi connectivity index (χ3n) is 16.2. The molecule has 0 saturated heterocycles. The summed E-state index contributed by atoms with van der Waals surface area (Å²) in [6.07, 6.45) is 12.9. The minimum absolute atomic E-state index is 0.0505. The van der Waals surface area contributed by atoms with E-state index in [1.165, 1.54) is 13.8 Å². The number of aliphatic hydroxyl groups is 1. The van der Waals surface area contributed by atoms with Crippen molar-refractivity contribution in [3.8, 4) is 0 Å². The molecule has 0 aliphatic heterocycles. The van der Waals surface area contributed by atoms with Crippen LogP contribution in [0.15, 0.2) is 0 Å². The van der Waals surface area contributed by atoms with Crippen molar-refractivity contribution in [1.29, 1.82) is 0 Å². The summed E-state index contributed by atoms with van der Waals surface area (Å²) in [5, 5.41) is 9.14. The molecule has 0 aromatic rings. The molecule has 101 heavy (non-hydrogen) atoms. The summed E-state index contributed by atoms with van der Waals surface area (Å²) in [5.41, 5.74) is -2.74. The van der Waals surface area contributed by atoms with E-state index in [0.29, 0.717) is 38.5 Å². The second-order valence-corrected chi connectivity index (χ2v) is 36.4. The van der Waals surface area contributed by atoms with E-state index in [2.05, 4.69) is 20.8 Å². The molecule has 11 atom stereocenters. The van der Waals surface area contributed by atoms with E-state index in [-0.39, 0.29) is 75.5 Å². The molecule has 608 valence electrons. The van der Waals surface area contributed by atoms with Crippen LogP contribution in [-0.4, -0.2) is 177 Å². The number of phosphoric ester groups is 7. The van der Waals surface area contributed by atoms with Crippen molar-refractivity contribution in [3.63, 3.8) is 0 Å². The van der Waals surface area contributed by atoms with Crippen molar-refractivity contribution >= 4 is 54.8 Å². The van der Waals surface area contributed by atoms with Crippen LogP contribution in [0.2, 0.25) is 0 Å². The lowest BCUT2D eigenvalue weighted by molar-refractivity contribution is -0.0472. The Morgan fingerprint density at radius 3 is 0.832 bits per heavy atom. The van der Waals surface area contributed by atoms with Gasteiger partial charge in [-0.1, -0.05) is 153 Å². The Hall–Kier alpha value is 0.610. The van der Waals surface area contributed by atoms with Crippen LogP contribution >= 0.6 is 54.8 Å². The van der Waals surface area contributed by atoms with Crippen molar-refractivity contribution in [2.45, 2.75) is 262 Å². The van der Waals surface area contributed by atoms with Gasteiger partial charge in [-0.15, -0.1) is 0 Å². The first kappa shape index (κ1) is 102. The molecule has 0 bridgehead atoms. The summed E-state index contributed by atoms with van der Waals surface area (Å²) >= 11 is 0. The zero-order valence-corrected chi connectivity index (χ0v) is 68.9. The van der Waals surface area contributed by atoms with Crippen molar-refractivity contribution in [1.82, 2.24) is 0 Å². The van der Waals surface area contributed by atoms with Crippen LogP contribution in [0.1, 0.15) is 244 Å². The molecule has 32 nitrogen and oxygen atoms in total. The molecule has 0 radical (unpaired) electrons. The number of unbranched alkanes of at least 4 members (excludes halogenated alkanes) is 4. The van der Waals surface area contributed by atoms with Gasteiger partial charge in [0, 0.05) is 12.0 Å². The SMILES string of the molecule is CCCCOP(=O)(O)OCC(COCC(CCC)(CCC)CCC)OP(=O)(O)OCC(C)(COP(=O)(O)OCCCCCCO)COP(=O)(O)OC(COCC(CCC)(CCC)CCC)COP(=O)(O)OCCCOP(=O)(O)OC(COCC(CCC)(CCC)CCC)COP(=O)(O)OCC. The predicted molar refractivity (Wildman–Crippen MR) is 382 cm³/mol. The quantitative estimate of drug-likeness (QED) is 0.0207. The predicted octanol–water partition coefficient (Wildman–Crippen LogP) is 16.0. The van der Waals surface area contributed by atoms with Gasteiger partial charge in [0.1, 0.15) is 18.3 Å². The van der Waals surface area contributed by atoms with Gasteiger partial charge in [0.2, 0.25) is 0 Å². The highest BCUT2D eigenvalue weighted by atomic mass is 31.2. The van der Waals surface area contributed by atoms with Crippen molar-refractivity contribution in [2.75, 3.05) is 119 Å². The van der Waals surface area contributed by atoms with Crippen LogP contribution in [-0.2, 0) is 109 Å². The normalized spacial score (nSPS) is 18.5. The fraction of sp³-hybridized carbons (Fsp3) is 1.00. The Morgan fingerprint density at radius 1 is 0.277 bits per heavy atom. The van der Waals surface area contributed by atoms with Gasteiger partial charge in [-0.3, -0.25) is 63.3 Å². The molecular formula is C62H133O32P7. The van der Waals surface area contributed by atoms with Crippen molar-refractivity contribution < 1.29 is 149 Å². The number of ether oxygens (including phenoxy) is 3. The molecule has 0 aromatic carbocycles. The zero-order valence-electron chi connectivity index (χ0n) is 62.6. The number of rotatable bonds is 73. The van der Waals surface area contributed by atoms with E-state index in [9.17, 15) is 66.2 Å². The lowest BCUT2D eigenvalue weighted by Gasteiger charge is -2.34. The van der Waals surface area contributed by atoms with Crippen molar-refractivity contribution in [3.05, 3.63) is 0 Å². The largest absolute Gasteiger partial charge is 0.472 e. The Morgan fingerprint density at radius 2 is 0.535 bits per heavy atom. The first-order valence-electron chi connectivity index (χ1n) is 36.2. The van der Waals surface area contributed by atoms with Gasteiger partial charge in [-0.25, -0.2) is 32.0 Å². The first-order chi connectivity index (χ1) is 47.4. The van der Waals surface area contributed by atoms with Crippen LogP contribution in [0.5, 0.6) is 0 Å². The molecule has 0 aliphatic carbocycles. The smallest absolute Gasteiger partial charge is 0.396 e. The maximum absolute atomic E-state index is 14.1. The summed E-state index contributed by atoms with van der Waals surface area (Å²) in [4.78, 5) is 75.7. The Balaban J connectivity index is 6.94. The third-order valence-corrected chi connectivity index (χ3v) is 23.3. The summed E-state index contributed by atoms with van der Waals surface area (Å²) in [5.74, 6) is 0. The van der Waals surface area contributed by atoms with Crippen LogP contribution in [0.3, 0.4) is 0 Å². The highest BCUT2D eigenvalue weighted by molar-refractivity contribution is 7.49. The number of hydrogen-bond acceptors (Lipinski definition) is 25. The van der Waals surface area contributed by atoms with Crippen molar-refractivity contribution in [2.24, 2.45) is 21.7 Å². The second-order valence-electron chi connectivity index (χ2n) is 26.4. The maximum Gasteiger partial charge on any atom is 0.472 e. The Bertz CT molecular complexity index is 2420. The van der Waals surface area contributed by atoms with E-state index >= 15 is 0 Å². The van der Waals surface area contributed by atoms with Gasteiger partial charge in [0.15, 0.2) is 0 Å². The van der Waals surface area contributed by atoms with E-state index in [4.69, 9.17) is 82.6 Å². The topological polar surface area (TPSA) is 438 Å². The van der Waals surface area contributed by atoms with Gasteiger partial charge < -0.3 is 53.6 Å². The standard InChI is InChI=1S/C62H133O32P7/c1-13-24-40-82-96(66,67)87-48-57(45-79-54-61(33-17-5,34-18-6)35-19-7)93-100(74,75)90-51-59(12,50-89-98(70,71)83-41-28-26-25-27-39-63)52-91-101(76,77)94-58(46-80-55-62(36-20-8,37-21-9)38-22-10)49-88-97(68,69)84-42-29-43-85-99(72,73)92-56(47-86-95(64,65)81-23-11)44-78-53-60(30-14-2,31-15-3)32-16-4/h56-58,63H,13-55H2,1-12H3,(H,64,65)(H,66,67)(H,68,69)(H,70,71)(H,72,73)(H,74,75)(H,76,77). The minimum atomic E-state index is -5.45.